The molecular formula is C9H9Br2N3O. The van der Waals surface area contributed by atoms with E-state index < -0.39 is 0 Å². The van der Waals surface area contributed by atoms with Gasteiger partial charge in [-0.1, -0.05) is 15.9 Å². The maximum absolute atomic E-state index is 10.7. The zero-order chi connectivity index (χ0) is 11.4. The van der Waals surface area contributed by atoms with Crippen molar-refractivity contribution in [3.63, 3.8) is 0 Å². The summed E-state index contributed by atoms with van der Waals surface area (Å²) in [6.45, 7) is 1.37. The quantitative estimate of drug-likeness (QED) is 0.611. The van der Waals surface area contributed by atoms with Crippen LogP contribution in [0.1, 0.15) is 6.92 Å². The number of nitrogens with two attached hydrogens (primary N) is 1. The van der Waals surface area contributed by atoms with Gasteiger partial charge in [0, 0.05) is 15.9 Å². The third-order valence-electron chi connectivity index (χ3n) is 1.45. The fourth-order valence-corrected chi connectivity index (χ4v) is 1.59. The first-order chi connectivity index (χ1) is 6.99. The van der Waals surface area contributed by atoms with Gasteiger partial charge in [-0.15, -0.1) is 0 Å². The summed E-state index contributed by atoms with van der Waals surface area (Å²) in [4.78, 5) is 14.7. The number of hydrogen-bond acceptors (Lipinski definition) is 2. The highest BCUT2D eigenvalue weighted by atomic mass is 79.9. The molecule has 0 unspecified atom stereocenters. The lowest BCUT2D eigenvalue weighted by Crippen LogP contribution is -2.34. The molecule has 0 aliphatic carbocycles. The van der Waals surface area contributed by atoms with Gasteiger partial charge in [-0.05, 0) is 34.1 Å². The number of amides is 1. The van der Waals surface area contributed by atoms with E-state index in [1.807, 2.05) is 12.1 Å². The van der Waals surface area contributed by atoms with E-state index in [-0.39, 0.29) is 11.9 Å². The normalized spacial score (nSPS) is 11.3. The van der Waals surface area contributed by atoms with Gasteiger partial charge in [0.1, 0.15) is 0 Å². The average molecular weight is 335 g/mol. The van der Waals surface area contributed by atoms with Gasteiger partial charge in [0.25, 0.3) is 0 Å². The molecule has 0 saturated heterocycles. The predicted molar refractivity (Wildman–Crippen MR) is 66.9 cm³/mol. The SMILES string of the molecule is CC(=O)NC(N)=Nc1cc(Br)ccc1Br. The smallest absolute Gasteiger partial charge is 0.223 e. The van der Waals surface area contributed by atoms with Crippen molar-refractivity contribution in [1.29, 1.82) is 0 Å². The van der Waals surface area contributed by atoms with E-state index in [2.05, 4.69) is 42.2 Å². The molecule has 0 atom stereocenters. The van der Waals surface area contributed by atoms with Crippen molar-refractivity contribution >= 4 is 49.4 Å². The Balaban J connectivity index is 2.96. The minimum Gasteiger partial charge on any atom is -0.369 e. The molecule has 15 heavy (non-hydrogen) atoms. The minimum atomic E-state index is -0.248. The molecule has 1 aromatic rings. The molecule has 6 heteroatoms. The number of hydrogen-bond donors (Lipinski definition) is 2. The number of carbonyl (C=O) groups is 1. The molecule has 0 fully saturated rings. The fraction of sp³-hybridized carbons (Fsp3) is 0.111. The molecule has 0 aromatic heterocycles. The van der Waals surface area contributed by atoms with Crippen LogP contribution < -0.4 is 11.1 Å². The van der Waals surface area contributed by atoms with Crippen LogP contribution in [0.15, 0.2) is 32.1 Å². The molecule has 0 spiro atoms. The number of rotatable bonds is 1. The first-order valence-electron chi connectivity index (χ1n) is 4.06. The second-order valence-corrected chi connectivity index (χ2v) is 4.54. The number of nitrogens with zero attached hydrogens (tertiary/aromatic N) is 1. The van der Waals surface area contributed by atoms with Crippen LogP contribution in [0.2, 0.25) is 0 Å². The second kappa shape index (κ2) is 5.27. The Morgan fingerprint density at radius 1 is 1.47 bits per heavy atom. The first-order valence-corrected chi connectivity index (χ1v) is 5.64. The lowest BCUT2D eigenvalue weighted by molar-refractivity contribution is -0.117. The summed E-state index contributed by atoms with van der Waals surface area (Å²) in [6.07, 6.45) is 0. The van der Waals surface area contributed by atoms with Crippen LogP contribution in [0.4, 0.5) is 5.69 Å². The predicted octanol–water partition coefficient (Wildman–Crippen LogP) is 2.29. The summed E-state index contributed by atoms with van der Waals surface area (Å²) in [5.74, 6) is -0.177. The number of guanidine groups is 1. The standard InChI is InChI=1S/C9H9Br2N3O/c1-5(15)13-9(12)14-8-4-6(10)2-3-7(8)11/h2-4H,1H3,(H3,12,13,14,15). The molecule has 1 rings (SSSR count). The summed E-state index contributed by atoms with van der Waals surface area (Å²) in [5, 5.41) is 2.39. The highest BCUT2D eigenvalue weighted by Gasteiger charge is 2.01. The molecule has 0 heterocycles. The fourth-order valence-electron chi connectivity index (χ4n) is 0.910. The number of halogens is 2. The molecule has 4 nitrogen and oxygen atoms in total. The van der Waals surface area contributed by atoms with Gasteiger partial charge in [-0.2, -0.15) is 0 Å². The van der Waals surface area contributed by atoms with E-state index in [1.54, 1.807) is 6.07 Å². The third-order valence-corrected chi connectivity index (χ3v) is 2.62. The van der Waals surface area contributed by atoms with Gasteiger partial charge in [0.15, 0.2) is 0 Å². The molecule has 80 valence electrons. The summed E-state index contributed by atoms with van der Waals surface area (Å²) in [6, 6.07) is 5.50. The number of carbonyl (C=O) groups excluding carboxylic acids is 1. The van der Waals surface area contributed by atoms with Crippen molar-refractivity contribution < 1.29 is 4.79 Å². The van der Waals surface area contributed by atoms with E-state index in [9.17, 15) is 4.79 Å². The molecule has 1 amide bonds. The lowest BCUT2D eigenvalue weighted by atomic mass is 10.3. The largest absolute Gasteiger partial charge is 0.369 e. The van der Waals surface area contributed by atoms with Crippen LogP contribution in [-0.2, 0) is 4.79 Å². The minimum absolute atomic E-state index is 0.0706. The Kier molecular flexibility index (Phi) is 4.28. The first kappa shape index (κ1) is 12.2. The highest BCUT2D eigenvalue weighted by Crippen LogP contribution is 2.28. The number of nitrogens with one attached hydrogen (secondary N) is 1. The van der Waals surface area contributed by atoms with Crippen LogP contribution in [0.3, 0.4) is 0 Å². The van der Waals surface area contributed by atoms with Gasteiger partial charge in [-0.3, -0.25) is 10.1 Å². The Morgan fingerprint density at radius 2 is 2.13 bits per heavy atom. The molecular weight excluding hydrogens is 326 g/mol. The van der Waals surface area contributed by atoms with Crippen LogP contribution in [0.5, 0.6) is 0 Å². The van der Waals surface area contributed by atoms with Gasteiger partial charge < -0.3 is 5.73 Å². The molecule has 3 N–H and O–H groups in total. The van der Waals surface area contributed by atoms with Crippen molar-refractivity contribution in [2.24, 2.45) is 10.7 Å². The number of benzene rings is 1. The molecule has 1 aromatic carbocycles. The lowest BCUT2D eigenvalue weighted by Gasteiger charge is -2.02. The van der Waals surface area contributed by atoms with Gasteiger partial charge in [0.2, 0.25) is 11.9 Å². The van der Waals surface area contributed by atoms with Crippen molar-refractivity contribution in [3.8, 4) is 0 Å². The maximum Gasteiger partial charge on any atom is 0.223 e. The monoisotopic (exact) mass is 333 g/mol. The molecule has 0 saturated carbocycles. The van der Waals surface area contributed by atoms with Crippen molar-refractivity contribution in [2.75, 3.05) is 0 Å². The number of aliphatic imine (C=N–C) groups is 1. The van der Waals surface area contributed by atoms with Crippen LogP contribution >= 0.6 is 31.9 Å². The van der Waals surface area contributed by atoms with E-state index >= 15 is 0 Å². The van der Waals surface area contributed by atoms with E-state index in [1.165, 1.54) is 6.92 Å². The van der Waals surface area contributed by atoms with Crippen LogP contribution in [0.25, 0.3) is 0 Å². The van der Waals surface area contributed by atoms with Crippen molar-refractivity contribution in [1.82, 2.24) is 5.32 Å². The summed E-state index contributed by atoms with van der Waals surface area (Å²) < 4.78 is 1.69. The van der Waals surface area contributed by atoms with Crippen molar-refractivity contribution in [3.05, 3.63) is 27.1 Å². The molecule has 0 bridgehead atoms. The average Bonchev–Trinajstić information content (AvgIpc) is 2.10. The third kappa shape index (κ3) is 4.01. The summed E-state index contributed by atoms with van der Waals surface area (Å²) in [5.41, 5.74) is 6.16. The van der Waals surface area contributed by atoms with Gasteiger partial charge in [0.05, 0.1) is 5.69 Å². The Hall–Kier alpha value is -0.880. The summed E-state index contributed by atoms with van der Waals surface area (Å²) in [7, 11) is 0. The zero-order valence-electron chi connectivity index (χ0n) is 7.92. The Bertz CT molecular complexity index is 418. The van der Waals surface area contributed by atoms with Crippen LogP contribution in [-0.4, -0.2) is 11.9 Å². The zero-order valence-corrected chi connectivity index (χ0v) is 11.1. The van der Waals surface area contributed by atoms with Gasteiger partial charge >= 0.3 is 0 Å². The molecule has 0 aliphatic heterocycles. The Labute approximate surface area is 104 Å². The van der Waals surface area contributed by atoms with Crippen LogP contribution in [0, 0.1) is 0 Å². The maximum atomic E-state index is 10.7. The second-order valence-electron chi connectivity index (χ2n) is 2.77. The summed E-state index contributed by atoms with van der Waals surface area (Å²) >= 11 is 6.65. The molecule has 0 aliphatic rings. The molecule has 0 radical (unpaired) electrons. The van der Waals surface area contributed by atoms with Gasteiger partial charge in [-0.25, -0.2) is 4.99 Å². The van der Waals surface area contributed by atoms with E-state index in [0.29, 0.717) is 5.69 Å². The van der Waals surface area contributed by atoms with E-state index in [4.69, 9.17) is 5.73 Å². The Morgan fingerprint density at radius 3 is 2.73 bits per heavy atom. The van der Waals surface area contributed by atoms with E-state index in [0.717, 1.165) is 8.95 Å². The van der Waals surface area contributed by atoms with Crippen molar-refractivity contribution in [2.45, 2.75) is 6.92 Å². The highest BCUT2D eigenvalue weighted by molar-refractivity contribution is 9.11. The topological polar surface area (TPSA) is 67.5 Å².